The minimum absolute atomic E-state index is 0.0229. The van der Waals surface area contributed by atoms with Crippen LogP contribution in [0.15, 0.2) is 21.8 Å². The highest BCUT2D eigenvalue weighted by molar-refractivity contribution is 9.10. The van der Waals surface area contributed by atoms with E-state index >= 15 is 0 Å². The van der Waals surface area contributed by atoms with Crippen molar-refractivity contribution in [2.24, 2.45) is 5.73 Å². The maximum Gasteiger partial charge on any atom is 0.191 e. The van der Waals surface area contributed by atoms with Crippen molar-refractivity contribution in [1.29, 1.82) is 0 Å². The monoisotopic (exact) mass is 376 g/mol. The molecule has 0 unspecified atom stereocenters. The first-order chi connectivity index (χ1) is 10.1. The molecule has 0 atom stereocenters. The zero-order valence-electron chi connectivity index (χ0n) is 11.4. The normalized spacial score (nSPS) is 11.1. The van der Waals surface area contributed by atoms with Gasteiger partial charge in [-0.25, -0.2) is 8.78 Å². The Kier molecular flexibility index (Phi) is 5.72. The van der Waals surface area contributed by atoms with Gasteiger partial charge in [0.15, 0.2) is 5.16 Å². The molecule has 0 aliphatic rings. The second-order valence-corrected chi connectivity index (χ2v) is 6.16. The molecular weight excluding hydrogens is 362 g/mol. The molecule has 0 amide bonds. The number of aromatic nitrogens is 3. The fourth-order valence-corrected chi connectivity index (χ4v) is 3.22. The second-order valence-electron chi connectivity index (χ2n) is 4.36. The van der Waals surface area contributed by atoms with Gasteiger partial charge < -0.3 is 10.3 Å². The number of benzene rings is 1. The highest BCUT2D eigenvalue weighted by Gasteiger charge is 2.16. The minimum Gasteiger partial charge on any atom is -0.324 e. The van der Waals surface area contributed by atoms with Crippen LogP contribution < -0.4 is 5.73 Å². The van der Waals surface area contributed by atoms with E-state index in [4.69, 9.17) is 5.73 Å². The molecule has 2 N–H and O–H groups in total. The summed E-state index contributed by atoms with van der Waals surface area (Å²) < 4.78 is 29.8. The summed E-state index contributed by atoms with van der Waals surface area (Å²) in [7, 11) is 0. The number of nitrogens with zero attached hydrogens (tertiary/aromatic N) is 3. The molecule has 0 saturated carbocycles. The molecule has 0 spiro atoms. The van der Waals surface area contributed by atoms with E-state index in [2.05, 4.69) is 26.1 Å². The summed E-state index contributed by atoms with van der Waals surface area (Å²) in [5.41, 5.74) is 5.63. The summed E-state index contributed by atoms with van der Waals surface area (Å²) in [6, 6.07) is 2.59. The van der Waals surface area contributed by atoms with Gasteiger partial charge in [0.25, 0.3) is 0 Å². The molecule has 0 aliphatic carbocycles. The van der Waals surface area contributed by atoms with Gasteiger partial charge in [0.05, 0.1) is 11.0 Å². The zero-order chi connectivity index (χ0) is 15.4. The van der Waals surface area contributed by atoms with Gasteiger partial charge in [0.2, 0.25) is 0 Å². The lowest BCUT2D eigenvalue weighted by atomic mass is 10.2. The van der Waals surface area contributed by atoms with Crippen LogP contribution in [0.1, 0.15) is 24.7 Å². The van der Waals surface area contributed by atoms with Crippen LogP contribution >= 0.6 is 27.7 Å². The molecule has 4 nitrogen and oxygen atoms in total. The van der Waals surface area contributed by atoms with Crippen molar-refractivity contribution in [2.45, 2.75) is 37.3 Å². The molecule has 0 radical (unpaired) electrons. The molecule has 21 heavy (non-hydrogen) atoms. The molecule has 1 aromatic carbocycles. The quantitative estimate of drug-likeness (QED) is 0.619. The van der Waals surface area contributed by atoms with E-state index < -0.39 is 11.6 Å². The highest BCUT2D eigenvalue weighted by atomic mass is 79.9. The van der Waals surface area contributed by atoms with Gasteiger partial charge in [0, 0.05) is 17.9 Å². The summed E-state index contributed by atoms with van der Waals surface area (Å²) >= 11 is 4.31. The van der Waals surface area contributed by atoms with Crippen LogP contribution in [0, 0.1) is 11.6 Å². The van der Waals surface area contributed by atoms with Crippen LogP contribution in [0.4, 0.5) is 8.78 Å². The predicted molar refractivity (Wildman–Crippen MR) is 81.8 cm³/mol. The summed E-state index contributed by atoms with van der Waals surface area (Å²) in [6.45, 7) is 3.04. The Bertz CT molecular complexity index is 633. The smallest absolute Gasteiger partial charge is 0.191 e. The average Bonchev–Trinajstić information content (AvgIpc) is 2.86. The highest BCUT2D eigenvalue weighted by Crippen LogP contribution is 2.28. The van der Waals surface area contributed by atoms with Gasteiger partial charge in [0.1, 0.15) is 17.5 Å². The molecule has 0 aliphatic heterocycles. The van der Waals surface area contributed by atoms with Gasteiger partial charge in [-0.05, 0) is 34.5 Å². The number of thioether (sulfide) groups is 1. The van der Waals surface area contributed by atoms with Crippen molar-refractivity contribution < 1.29 is 8.78 Å². The van der Waals surface area contributed by atoms with Crippen LogP contribution in [0.3, 0.4) is 0 Å². The first kappa shape index (κ1) is 16.4. The van der Waals surface area contributed by atoms with E-state index in [0.717, 1.165) is 13.0 Å². The Morgan fingerprint density at radius 3 is 2.76 bits per heavy atom. The summed E-state index contributed by atoms with van der Waals surface area (Å²) in [6.07, 6.45) is 0.901. The third kappa shape index (κ3) is 3.61. The van der Waals surface area contributed by atoms with Crippen LogP contribution in [-0.4, -0.2) is 14.8 Å². The Morgan fingerprint density at radius 2 is 2.10 bits per heavy atom. The predicted octanol–water partition coefficient (Wildman–Crippen LogP) is 3.48. The lowest BCUT2D eigenvalue weighted by Crippen LogP contribution is -2.09. The molecule has 0 bridgehead atoms. The van der Waals surface area contributed by atoms with Crippen molar-refractivity contribution in [3.8, 4) is 0 Å². The summed E-state index contributed by atoms with van der Waals surface area (Å²) in [5, 5.41) is 8.66. The SMILES string of the molecule is CCCn1c(CN)nnc1SCc1c(F)ccc(Br)c1F. The van der Waals surface area contributed by atoms with E-state index in [0.29, 0.717) is 11.0 Å². The Morgan fingerprint density at radius 1 is 1.33 bits per heavy atom. The average molecular weight is 377 g/mol. The van der Waals surface area contributed by atoms with Gasteiger partial charge >= 0.3 is 0 Å². The molecule has 0 fully saturated rings. The topological polar surface area (TPSA) is 56.7 Å². The van der Waals surface area contributed by atoms with Gasteiger partial charge in [-0.3, -0.25) is 0 Å². The van der Waals surface area contributed by atoms with Crippen LogP contribution in [0.5, 0.6) is 0 Å². The third-order valence-electron chi connectivity index (χ3n) is 2.91. The number of hydrogen-bond acceptors (Lipinski definition) is 4. The number of rotatable bonds is 6. The van der Waals surface area contributed by atoms with E-state index in [1.165, 1.54) is 23.9 Å². The zero-order valence-corrected chi connectivity index (χ0v) is 13.8. The van der Waals surface area contributed by atoms with Crippen molar-refractivity contribution in [3.05, 3.63) is 39.6 Å². The minimum atomic E-state index is -0.580. The number of halogens is 3. The first-order valence-electron chi connectivity index (χ1n) is 6.45. The maximum atomic E-state index is 13.9. The van der Waals surface area contributed by atoms with Crippen LogP contribution in [0.2, 0.25) is 0 Å². The Balaban J connectivity index is 2.21. The van der Waals surface area contributed by atoms with Crippen molar-refractivity contribution in [1.82, 2.24) is 14.8 Å². The fourth-order valence-electron chi connectivity index (χ4n) is 1.86. The summed E-state index contributed by atoms with van der Waals surface area (Å²) in [5.74, 6) is -0.328. The first-order valence-corrected chi connectivity index (χ1v) is 8.23. The van der Waals surface area contributed by atoms with E-state index in [9.17, 15) is 8.78 Å². The van der Waals surface area contributed by atoms with Gasteiger partial charge in [-0.2, -0.15) is 0 Å². The molecule has 8 heteroatoms. The number of nitrogens with two attached hydrogens (primary N) is 1. The molecule has 1 heterocycles. The van der Waals surface area contributed by atoms with Gasteiger partial charge in [-0.1, -0.05) is 18.7 Å². The van der Waals surface area contributed by atoms with E-state index in [1.54, 1.807) is 0 Å². The van der Waals surface area contributed by atoms with Crippen molar-refractivity contribution >= 4 is 27.7 Å². The molecular formula is C13H15BrF2N4S. The van der Waals surface area contributed by atoms with Crippen molar-refractivity contribution in [3.63, 3.8) is 0 Å². The second kappa shape index (κ2) is 7.33. The number of hydrogen-bond donors (Lipinski definition) is 1. The van der Waals surface area contributed by atoms with Crippen LogP contribution in [0.25, 0.3) is 0 Å². The van der Waals surface area contributed by atoms with Gasteiger partial charge in [-0.15, -0.1) is 10.2 Å². The standard InChI is InChI=1S/C13H15BrF2N4S/c1-2-5-20-11(6-17)18-19-13(20)21-7-8-10(15)4-3-9(14)12(8)16/h3-4H,2,5-7,17H2,1H3. The molecule has 2 rings (SSSR count). The largest absolute Gasteiger partial charge is 0.324 e. The molecule has 114 valence electrons. The molecule has 2 aromatic rings. The lowest BCUT2D eigenvalue weighted by Gasteiger charge is -2.09. The molecule has 1 aromatic heterocycles. The molecule has 0 saturated heterocycles. The summed E-state index contributed by atoms with van der Waals surface area (Å²) in [4.78, 5) is 0. The lowest BCUT2D eigenvalue weighted by molar-refractivity contribution is 0.561. The Hall–Kier alpha value is -0.990. The fraction of sp³-hybridized carbons (Fsp3) is 0.385. The third-order valence-corrected chi connectivity index (χ3v) is 4.51. The van der Waals surface area contributed by atoms with E-state index in [-0.39, 0.29) is 22.3 Å². The van der Waals surface area contributed by atoms with Crippen LogP contribution in [-0.2, 0) is 18.8 Å². The van der Waals surface area contributed by atoms with Crippen molar-refractivity contribution in [2.75, 3.05) is 0 Å². The Labute approximate surface area is 134 Å². The van der Waals surface area contributed by atoms with E-state index in [1.807, 2.05) is 11.5 Å². The maximum absolute atomic E-state index is 13.9.